The molecule has 1 N–H and O–H groups in total. The van der Waals surface area contributed by atoms with Crippen molar-refractivity contribution >= 4 is 23.2 Å². The molecule has 1 atom stereocenters. The largest absolute Gasteiger partial charge is 0.395 e. The molecule has 0 saturated heterocycles. The number of nitrogens with zero attached hydrogens (tertiary/aromatic N) is 3. The highest BCUT2D eigenvalue weighted by Gasteiger charge is 2.36. The van der Waals surface area contributed by atoms with Crippen molar-refractivity contribution in [3.63, 3.8) is 0 Å². The van der Waals surface area contributed by atoms with Crippen molar-refractivity contribution in [1.82, 2.24) is 14.8 Å². The number of thiophene rings is 1. The van der Waals surface area contributed by atoms with Gasteiger partial charge in [-0.3, -0.25) is 14.6 Å². The Morgan fingerprint density at radius 3 is 2.77 bits per heavy atom. The number of carbonyl (C=O) groups excluding carboxylic acids is 2. The molecular formula is C23H22FN3O3S. The highest BCUT2D eigenvalue weighted by Crippen LogP contribution is 2.30. The summed E-state index contributed by atoms with van der Waals surface area (Å²) in [4.78, 5) is 34.6. The van der Waals surface area contributed by atoms with Crippen molar-refractivity contribution in [2.24, 2.45) is 0 Å². The third-order valence-corrected chi connectivity index (χ3v) is 6.20. The van der Waals surface area contributed by atoms with Crippen LogP contribution in [-0.2, 0) is 17.9 Å². The van der Waals surface area contributed by atoms with Gasteiger partial charge >= 0.3 is 0 Å². The van der Waals surface area contributed by atoms with Crippen LogP contribution in [0.2, 0.25) is 0 Å². The van der Waals surface area contributed by atoms with Gasteiger partial charge in [0, 0.05) is 37.9 Å². The molecule has 0 spiro atoms. The monoisotopic (exact) mass is 439 g/mol. The molecule has 8 heteroatoms. The average molecular weight is 440 g/mol. The molecule has 160 valence electrons. The summed E-state index contributed by atoms with van der Waals surface area (Å²) in [7, 11) is 0. The fourth-order valence-electron chi connectivity index (χ4n) is 3.82. The molecule has 1 unspecified atom stereocenters. The molecule has 2 amide bonds. The van der Waals surface area contributed by atoms with E-state index >= 15 is 0 Å². The van der Waals surface area contributed by atoms with Crippen LogP contribution in [0.4, 0.5) is 4.39 Å². The third kappa shape index (κ3) is 4.50. The van der Waals surface area contributed by atoms with E-state index in [2.05, 4.69) is 4.98 Å². The van der Waals surface area contributed by atoms with E-state index in [4.69, 9.17) is 0 Å². The van der Waals surface area contributed by atoms with Gasteiger partial charge in [-0.05, 0) is 29.1 Å². The van der Waals surface area contributed by atoms with Gasteiger partial charge < -0.3 is 14.9 Å². The molecule has 31 heavy (non-hydrogen) atoms. The smallest absolute Gasteiger partial charge is 0.264 e. The molecule has 3 aromatic rings. The maximum atomic E-state index is 14.2. The van der Waals surface area contributed by atoms with E-state index in [0.717, 1.165) is 5.56 Å². The minimum Gasteiger partial charge on any atom is -0.395 e. The fraction of sp³-hybridized carbons (Fsp3) is 0.261. The number of aromatic nitrogens is 1. The van der Waals surface area contributed by atoms with Gasteiger partial charge in [0.15, 0.2) is 0 Å². The Balaban J connectivity index is 1.63. The van der Waals surface area contributed by atoms with Crippen LogP contribution in [0.25, 0.3) is 0 Å². The summed E-state index contributed by atoms with van der Waals surface area (Å²) >= 11 is 1.36. The molecule has 2 aromatic heterocycles. The van der Waals surface area contributed by atoms with Gasteiger partial charge in [-0.15, -0.1) is 11.3 Å². The zero-order valence-electron chi connectivity index (χ0n) is 16.8. The van der Waals surface area contributed by atoms with Gasteiger partial charge in [0.05, 0.1) is 23.1 Å². The van der Waals surface area contributed by atoms with Gasteiger partial charge in [0.1, 0.15) is 5.82 Å². The molecule has 1 aliphatic heterocycles. The lowest BCUT2D eigenvalue weighted by Gasteiger charge is -2.35. The van der Waals surface area contributed by atoms with Crippen LogP contribution in [0.5, 0.6) is 0 Å². The molecule has 0 bridgehead atoms. The van der Waals surface area contributed by atoms with Gasteiger partial charge in [0.2, 0.25) is 5.91 Å². The number of carbonyl (C=O) groups is 2. The van der Waals surface area contributed by atoms with Crippen LogP contribution in [0, 0.1) is 5.82 Å². The van der Waals surface area contributed by atoms with E-state index in [1.807, 2.05) is 17.5 Å². The molecule has 0 saturated carbocycles. The van der Waals surface area contributed by atoms with Crippen molar-refractivity contribution in [1.29, 1.82) is 0 Å². The zero-order valence-corrected chi connectivity index (χ0v) is 17.6. The average Bonchev–Trinajstić information content (AvgIpc) is 3.33. The number of hydrogen-bond acceptors (Lipinski definition) is 5. The predicted molar refractivity (Wildman–Crippen MR) is 115 cm³/mol. The Morgan fingerprint density at radius 1 is 1.19 bits per heavy atom. The van der Waals surface area contributed by atoms with Crippen LogP contribution in [-0.4, -0.2) is 51.4 Å². The lowest BCUT2D eigenvalue weighted by molar-refractivity contribution is -0.134. The van der Waals surface area contributed by atoms with E-state index < -0.39 is 11.7 Å². The first-order chi connectivity index (χ1) is 15.1. The molecule has 6 nitrogen and oxygen atoms in total. The van der Waals surface area contributed by atoms with E-state index in [1.165, 1.54) is 22.3 Å². The molecule has 0 fully saturated rings. The molecule has 4 rings (SSSR count). The number of pyridine rings is 1. The number of fused-ring (bicyclic) bond motifs is 1. The molecule has 3 heterocycles. The Bertz CT molecular complexity index is 1070. The van der Waals surface area contributed by atoms with Crippen molar-refractivity contribution in [2.75, 3.05) is 19.7 Å². The maximum Gasteiger partial charge on any atom is 0.264 e. The summed E-state index contributed by atoms with van der Waals surface area (Å²) in [6, 6.07) is 13.5. The van der Waals surface area contributed by atoms with Crippen LogP contribution in [0.3, 0.4) is 0 Å². The van der Waals surface area contributed by atoms with Crippen LogP contribution in [0.1, 0.15) is 32.4 Å². The lowest BCUT2D eigenvalue weighted by atomic mass is 9.93. The van der Waals surface area contributed by atoms with Crippen molar-refractivity contribution in [3.8, 4) is 0 Å². The second-order valence-corrected chi connectivity index (χ2v) is 8.29. The highest BCUT2D eigenvalue weighted by molar-refractivity contribution is 7.12. The molecule has 0 radical (unpaired) electrons. The normalized spacial score (nSPS) is 15.4. The third-order valence-electron chi connectivity index (χ3n) is 5.34. The van der Waals surface area contributed by atoms with E-state index in [1.54, 1.807) is 41.4 Å². The zero-order chi connectivity index (χ0) is 21.8. The number of amides is 2. The second-order valence-electron chi connectivity index (χ2n) is 7.34. The summed E-state index contributed by atoms with van der Waals surface area (Å²) in [5, 5.41) is 11.4. The summed E-state index contributed by atoms with van der Waals surface area (Å²) in [5.74, 6) is -1.52. The maximum absolute atomic E-state index is 14.2. The van der Waals surface area contributed by atoms with Crippen molar-refractivity contribution < 1.29 is 19.1 Å². The van der Waals surface area contributed by atoms with Crippen molar-refractivity contribution in [3.05, 3.63) is 87.6 Å². The Hall–Kier alpha value is -3.10. The van der Waals surface area contributed by atoms with Crippen LogP contribution < -0.4 is 0 Å². The number of benzene rings is 1. The minimum absolute atomic E-state index is 0.0314. The second kappa shape index (κ2) is 9.36. The van der Waals surface area contributed by atoms with Gasteiger partial charge in [0.25, 0.3) is 5.91 Å². The van der Waals surface area contributed by atoms with E-state index in [-0.39, 0.29) is 38.1 Å². The minimum atomic E-state index is -0.688. The number of halogens is 1. The van der Waals surface area contributed by atoms with Crippen molar-refractivity contribution in [2.45, 2.75) is 19.0 Å². The molecular weight excluding hydrogens is 417 g/mol. The lowest BCUT2D eigenvalue weighted by Crippen LogP contribution is -2.46. The highest BCUT2D eigenvalue weighted by atomic mass is 32.1. The fourth-order valence-corrected chi connectivity index (χ4v) is 4.51. The Kier molecular flexibility index (Phi) is 6.39. The summed E-state index contributed by atoms with van der Waals surface area (Å²) < 4.78 is 14.2. The van der Waals surface area contributed by atoms with Gasteiger partial charge in [-0.2, -0.15) is 0 Å². The van der Waals surface area contributed by atoms with Gasteiger partial charge in [-0.1, -0.05) is 30.3 Å². The Labute approximate surface area is 183 Å². The van der Waals surface area contributed by atoms with Crippen LogP contribution in [0.15, 0.2) is 60.1 Å². The Morgan fingerprint density at radius 2 is 2.03 bits per heavy atom. The standard InChI is InChI=1S/C23H22FN3O3S/c24-19-7-2-1-5-16(19)13-26(10-11-28)22(29)18-15-27(23(30)20-8-4-12-31-20)14-17-6-3-9-25-21(17)18/h1-9,12,18,28H,10-11,13-15H2. The quantitative estimate of drug-likeness (QED) is 0.641. The number of aliphatic hydroxyl groups excluding tert-OH is 1. The summed E-state index contributed by atoms with van der Waals surface area (Å²) in [5.41, 5.74) is 1.80. The van der Waals surface area contributed by atoms with Crippen LogP contribution >= 0.6 is 11.3 Å². The molecule has 1 aliphatic rings. The predicted octanol–water partition coefficient (Wildman–Crippen LogP) is 3.04. The number of hydrogen-bond donors (Lipinski definition) is 1. The first-order valence-electron chi connectivity index (χ1n) is 9.98. The van der Waals surface area contributed by atoms with E-state index in [9.17, 15) is 19.1 Å². The molecule has 1 aromatic carbocycles. The summed E-state index contributed by atoms with van der Waals surface area (Å²) in [6.45, 7) is 0.393. The first-order valence-corrected chi connectivity index (χ1v) is 10.9. The van der Waals surface area contributed by atoms with Gasteiger partial charge in [-0.25, -0.2) is 4.39 Å². The van der Waals surface area contributed by atoms with E-state index in [0.29, 0.717) is 22.7 Å². The molecule has 0 aliphatic carbocycles. The number of aliphatic hydroxyl groups is 1. The SMILES string of the molecule is O=C(c1cccs1)N1Cc2cccnc2C(C(=O)N(CCO)Cc2ccccc2F)C1. The topological polar surface area (TPSA) is 73.7 Å². The summed E-state index contributed by atoms with van der Waals surface area (Å²) in [6.07, 6.45) is 1.63. The number of rotatable bonds is 6. The first kappa shape index (κ1) is 21.1.